The van der Waals surface area contributed by atoms with Crippen LogP contribution >= 0.6 is 0 Å². The van der Waals surface area contributed by atoms with Gasteiger partial charge in [0.25, 0.3) is 12.3 Å². The lowest BCUT2D eigenvalue weighted by Gasteiger charge is -2.45. The van der Waals surface area contributed by atoms with Crippen LogP contribution in [0, 0.1) is 0 Å². The Balaban J connectivity index is 2.38. The lowest BCUT2D eigenvalue weighted by Crippen LogP contribution is -2.67. The standard InChI is InChI=1S/C15H18F2N2O2/c1-3-15(2)14(21)18-12(10-7-5-4-6-8-10)13(20)19(15)9-11(16)17/h4-8,11-12H,3,9H2,1-2H3,(H,18,21). The highest BCUT2D eigenvalue weighted by atomic mass is 19.3. The Labute approximate surface area is 122 Å². The second kappa shape index (κ2) is 5.79. The van der Waals surface area contributed by atoms with E-state index in [4.69, 9.17) is 0 Å². The van der Waals surface area contributed by atoms with Gasteiger partial charge in [-0.25, -0.2) is 8.78 Å². The third-order valence-corrected chi connectivity index (χ3v) is 4.02. The first-order valence-electron chi connectivity index (χ1n) is 6.85. The number of benzene rings is 1. The lowest BCUT2D eigenvalue weighted by molar-refractivity contribution is -0.159. The summed E-state index contributed by atoms with van der Waals surface area (Å²) in [7, 11) is 0. The molecule has 114 valence electrons. The minimum absolute atomic E-state index is 0.277. The van der Waals surface area contributed by atoms with Crippen molar-refractivity contribution in [1.29, 1.82) is 0 Å². The maximum Gasteiger partial charge on any atom is 0.255 e. The molecule has 1 aromatic carbocycles. The first kappa shape index (κ1) is 15.4. The number of halogens is 2. The molecule has 1 aromatic rings. The van der Waals surface area contributed by atoms with E-state index in [0.717, 1.165) is 4.90 Å². The Morgan fingerprint density at radius 3 is 2.43 bits per heavy atom. The Bertz CT molecular complexity index is 536. The fourth-order valence-corrected chi connectivity index (χ4v) is 2.52. The summed E-state index contributed by atoms with van der Waals surface area (Å²) in [6.45, 7) is 2.48. The van der Waals surface area contributed by atoms with Crippen LogP contribution in [-0.2, 0) is 9.59 Å². The highest BCUT2D eigenvalue weighted by Crippen LogP contribution is 2.31. The quantitative estimate of drug-likeness (QED) is 0.925. The molecular formula is C15H18F2N2O2. The summed E-state index contributed by atoms with van der Waals surface area (Å²) in [5.41, 5.74) is -0.646. The Hall–Kier alpha value is -1.98. The average molecular weight is 296 g/mol. The summed E-state index contributed by atoms with van der Waals surface area (Å²) in [6.07, 6.45) is -2.40. The van der Waals surface area contributed by atoms with Crippen LogP contribution in [0.2, 0.25) is 0 Å². The topological polar surface area (TPSA) is 49.4 Å². The van der Waals surface area contributed by atoms with Crippen LogP contribution in [0.3, 0.4) is 0 Å². The monoisotopic (exact) mass is 296 g/mol. The van der Waals surface area contributed by atoms with Gasteiger partial charge in [0.2, 0.25) is 5.91 Å². The number of rotatable bonds is 4. The van der Waals surface area contributed by atoms with E-state index < -0.39 is 36.4 Å². The maximum atomic E-state index is 12.8. The summed E-state index contributed by atoms with van der Waals surface area (Å²) in [6, 6.07) is 7.73. The van der Waals surface area contributed by atoms with Crippen molar-refractivity contribution in [3.8, 4) is 0 Å². The molecule has 1 aliphatic rings. The Kier molecular flexibility index (Phi) is 4.25. The third kappa shape index (κ3) is 2.75. The third-order valence-electron chi connectivity index (χ3n) is 4.02. The van der Waals surface area contributed by atoms with Crippen LogP contribution in [0.1, 0.15) is 31.9 Å². The van der Waals surface area contributed by atoms with Crippen molar-refractivity contribution in [2.45, 2.75) is 38.3 Å². The SMILES string of the molecule is CCC1(C)C(=O)NC(c2ccccc2)C(=O)N1CC(F)F. The zero-order valence-corrected chi connectivity index (χ0v) is 12.0. The molecule has 0 aliphatic carbocycles. The number of alkyl halides is 2. The number of hydrogen-bond acceptors (Lipinski definition) is 2. The minimum atomic E-state index is -2.68. The van der Waals surface area contributed by atoms with E-state index >= 15 is 0 Å². The molecule has 0 spiro atoms. The number of hydrogen-bond donors (Lipinski definition) is 1. The van der Waals surface area contributed by atoms with Crippen molar-refractivity contribution in [2.24, 2.45) is 0 Å². The van der Waals surface area contributed by atoms with E-state index in [1.807, 2.05) is 0 Å². The molecule has 1 saturated heterocycles. The molecule has 1 aliphatic heterocycles. The number of carbonyl (C=O) groups is 2. The van der Waals surface area contributed by atoms with Crippen LogP contribution in [0.15, 0.2) is 30.3 Å². The van der Waals surface area contributed by atoms with Gasteiger partial charge in [-0.05, 0) is 18.9 Å². The first-order chi connectivity index (χ1) is 9.90. The molecule has 1 N–H and O–H groups in total. The number of amides is 2. The highest BCUT2D eigenvalue weighted by Gasteiger charge is 2.49. The molecular weight excluding hydrogens is 278 g/mol. The van der Waals surface area contributed by atoms with Crippen LogP contribution in [0.4, 0.5) is 8.78 Å². The summed E-state index contributed by atoms with van der Waals surface area (Å²) in [4.78, 5) is 25.9. The average Bonchev–Trinajstić information content (AvgIpc) is 2.48. The van der Waals surface area contributed by atoms with Crippen molar-refractivity contribution < 1.29 is 18.4 Å². The molecule has 0 aromatic heterocycles. The lowest BCUT2D eigenvalue weighted by atomic mass is 9.89. The van der Waals surface area contributed by atoms with Crippen molar-refractivity contribution in [3.05, 3.63) is 35.9 Å². The molecule has 0 saturated carbocycles. The smallest absolute Gasteiger partial charge is 0.255 e. The van der Waals surface area contributed by atoms with Crippen LogP contribution < -0.4 is 5.32 Å². The zero-order chi connectivity index (χ0) is 15.6. The Morgan fingerprint density at radius 1 is 1.29 bits per heavy atom. The molecule has 1 heterocycles. The first-order valence-corrected chi connectivity index (χ1v) is 6.85. The van der Waals surface area contributed by atoms with Crippen molar-refractivity contribution in [2.75, 3.05) is 6.54 Å². The molecule has 1 fully saturated rings. The van der Waals surface area contributed by atoms with Gasteiger partial charge in [0.15, 0.2) is 0 Å². The Morgan fingerprint density at radius 2 is 1.90 bits per heavy atom. The fourth-order valence-electron chi connectivity index (χ4n) is 2.52. The summed E-state index contributed by atoms with van der Waals surface area (Å²) in [5, 5.41) is 2.65. The molecule has 0 radical (unpaired) electrons. The predicted octanol–water partition coefficient (Wildman–Crippen LogP) is 2.12. The fraction of sp³-hybridized carbons (Fsp3) is 0.467. The van der Waals surface area contributed by atoms with Gasteiger partial charge in [-0.1, -0.05) is 37.3 Å². The molecule has 2 amide bonds. The molecule has 2 rings (SSSR count). The molecule has 0 bridgehead atoms. The molecule has 21 heavy (non-hydrogen) atoms. The zero-order valence-electron chi connectivity index (χ0n) is 12.0. The number of piperazine rings is 1. The summed E-state index contributed by atoms with van der Waals surface area (Å²) >= 11 is 0. The maximum absolute atomic E-state index is 12.8. The van der Waals surface area contributed by atoms with Crippen LogP contribution in [0.5, 0.6) is 0 Å². The van der Waals surface area contributed by atoms with Gasteiger partial charge in [-0.2, -0.15) is 0 Å². The second-order valence-electron chi connectivity index (χ2n) is 5.28. The second-order valence-corrected chi connectivity index (χ2v) is 5.28. The molecule has 2 unspecified atom stereocenters. The van der Waals surface area contributed by atoms with Gasteiger partial charge in [-0.3, -0.25) is 9.59 Å². The van der Waals surface area contributed by atoms with Crippen LogP contribution in [0.25, 0.3) is 0 Å². The van der Waals surface area contributed by atoms with E-state index in [1.54, 1.807) is 37.3 Å². The van der Waals surface area contributed by atoms with Gasteiger partial charge < -0.3 is 10.2 Å². The van der Waals surface area contributed by atoms with Gasteiger partial charge >= 0.3 is 0 Å². The van der Waals surface area contributed by atoms with E-state index in [9.17, 15) is 18.4 Å². The van der Waals surface area contributed by atoms with Gasteiger partial charge in [0.05, 0.1) is 6.54 Å². The predicted molar refractivity (Wildman–Crippen MR) is 73.7 cm³/mol. The minimum Gasteiger partial charge on any atom is -0.338 e. The van der Waals surface area contributed by atoms with Gasteiger partial charge in [-0.15, -0.1) is 0 Å². The van der Waals surface area contributed by atoms with Crippen molar-refractivity contribution >= 4 is 11.8 Å². The van der Waals surface area contributed by atoms with Crippen LogP contribution in [-0.4, -0.2) is 35.2 Å². The molecule has 6 heteroatoms. The number of carbonyl (C=O) groups excluding carboxylic acids is 2. The summed E-state index contributed by atoms with van der Waals surface area (Å²) in [5.74, 6) is -0.899. The van der Waals surface area contributed by atoms with Gasteiger partial charge in [0, 0.05) is 0 Å². The van der Waals surface area contributed by atoms with E-state index in [1.165, 1.54) is 6.92 Å². The van der Waals surface area contributed by atoms with E-state index in [-0.39, 0.29) is 6.42 Å². The van der Waals surface area contributed by atoms with E-state index in [0.29, 0.717) is 5.56 Å². The highest BCUT2D eigenvalue weighted by molar-refractivity contribution is 6.00. The largest absolute Gasteiger partial charge is 0.338 e. The summed E-state index contributed by atoms with van der Waals surface area (Å²) < 4.78 is 25.6. The molecule has 2 atom stereocenters. The number of nitrogens with one attached hydrogen (secondary N) is 1. The van der Waals surface area contributed by atoms with Crippen molar-refractivity contribution in [1.82, 2.24) is 10.2 Å². The number of nitrogens with zero attached hydrogens (tertiary/aromatic N) is 1. The normalized spacial score (nSPS) is 26.1. The van der Waals surface area contributed by atoms with Crippen molar-refractivity contribution in [3.63, 3.8) is 0 Å². The van der Waals surface area contributed by atoms with E-state index in [2.05, 4.69) is 5.32 Å². The molecule has 4 nitrogen and oxygen atoms in total. The van der Waals surface area contributed by atoms with Gasteiger partial charge in [0.1, 0.15) is 11.6 Å².